The fraction of sp³-hybridized carbons (Fsp3) is 0.429. The van der Waals surface area contributed by atoms with Crippen LogP contribution in [0.3, 0.4) is 0 Å². The number of esters is 1. The van der Waals surface area contributed by atoms with Gasteiger partial charge in [-0.25, -0.2) is 9.78 Å². The van der Waals surface area contributed by atoms with Gasteiger partial charge >= 0.3 is 5.97 Å². The molecule has 1 aliphatic carbocycles. The molecule has 0 saturated heterocycles. The van der Waals surface area contributed by atoms with Crippen LogP contribution in [-0.4, -0.2) is 29.0 Å². The fourth-order valence-corrected chi connectivity index (χ4v) is 2.30. The summed E-state index contributed by atoms with van der Waals surface area (Å²) in [6, 6.07) is 4.93. The van der Waals surface area contributed by atoms with Crippen molar-refractivity contribution in [1.29, 1.82) is 5.26 Å². The van der Waals surface area contributed by atoms with E-state index in [1.54, 1.807) is 6.92 Å². The second kappa shape index (κ2) is 6.51. The number of carbonyl (C=O) groups excluding carboxylic acids is 2. The number of hydrogen-bond donors (Lipinski definition) is 1. The highest BCUT2D eigenvalue weighted by atomic mass is 35.5. The maximum absolute atomic E-state index is 11.8. The molecular weight excluding hydrogens is 329 g/mol. The van der Waals surface area contributed by atoms with Crippen LogP contribution < -0.4 is 5.32 Å². The zero-order chi connectivity index (χ0) is 16.3. The number of pyridine rings is 1. The Kier molecular flexibility index (Phi) is 4.89. The average Bonchev–Trinajstić information content (AvgIpc) is 3.32. The molecule has 0 aliphatic heterocycles. The van der Waals surface area contributed by atoms with Gasteiger partial charge in [0.2, 0.25) is 0 Å². The van der Waals surface area contributed by atoms with Gasteiger partial charge in [-0.05, 0) is 37.8 Å². The van der Waals surface area contributed by atoms with E-state index < -0.39 is 24.0 Å². The van der Waals surface area contributed by atoms with Crippen molar-refractivity contribution in [1.82, 2.24) is 10.3 Å². The molecule has 0 spiro atoms. The first-order valence-electron chi connectivity index (χ1n) is 6.57. The van der Waals surface area contributed by atoms with Gasteiger partial charge in [0.1, 0.15) is 10.7 Å². The minimum absolute atomic E-state index is 0.0784. The smallest absolute Gasteiger partial charge is 0.359 e. The van der Waals surface area contributed by atoms with E-state index in [1.807, 2.05) is 0 Å². The van der Waals surface area contributed by atoms with Crippen LogP contribution in [-0.2, 0) is 9.53 Å². The van der Waals surface area contributed by atoms with Gasteiger partial charge in [-0.3, -0.25) is 4.79 Å². The molecule has 1 saturated carbocycles. The lowest BCUT2D eigenvalue weighted by molar-refractivity contribution is -0.125. The van der Waals surface area contributed by atoms with Crippen molar-refractivity contribution in [2.24, 2.45) is 5.92 Å². The number of halogens is 2. The van der Waals surface area contributed by atoms with Crippen LogP contribution in [0.1, 0.15) is 30.3 Å². The van der Waals surface area contributed by atoms with E-state index in [-0.39, 0.29) is 21.8 Å². The second-order valence-corrected chi connectivity index (χ2v) is 5.97. The molecule has 0 bridgehead atoms. The van der Waals surface area contributed by atoms with Gasteiger partial charge in [0.25, 0.3) is 5.91 Å². The first-order chi connectivity index (χ1) is 10.4. The number of carbonyl (C=O) groups is 2. The monoisotopic (exact) mass is 341 g/mol. The molecule has 116 valence electrons. The Morgan fingerprint density at radius 3 is 2.77 bits per heavy atom. The van der Waals surface area contributed by atoms with Crippen LogP contribution in [0.25, 0.3) is 0 Å². The first-order valence-corrected chi connectivity index (χ1v) is 7.33. The summed E-state index contributed by atoms with van der Waals surface area (Å²) in [5, 5.41) is 11.9. The number of nitrogens with zero attached hydrogens (tertiary/aromatic N) is 2. The Labute approximate surface area is 137 Å². The zero-order valence-corrected chi connectivity index (χ0v) is 13.2. The standard InChI is InChI=1S/C14H13Cl2N3O3/c1-14(7-17,8-2-3-8)19-11(20)6-22-13(21)12-9(15)4-5-10(16)18-12/h4-5,8H,2-3,6H2,1H3,(H,19,20)/t14-/m0/s1. The molecule has 0 aromatic carbocycles. The van der Waals surface area contributed by atoms with E-state index in [1.165, 1.54) is 12.1 Å². The van der Waals surface area contributed by atoms with E-state index in [2.05, 4.69) is 16.4 Å². The summed E-state index contributed by atoms with van der Waals surface area (Å²) in [5.41, 5.74) is -1.10. The SMILES string of the molecule is C[C@@](C#N)(NC(=O)COC(=O)c1nc(Cl)ccc1Cl)C1CC1. The van der Waals surface area contributed by atoms with E-state index >= 15 is 0 Å². The number of rotatable bonds is 5. The van der Waals surface area contributed by atoms with Crippen LogP contribution in [0.4, 0.5) is 0 Å². The van der Waals surface area contributed by atoms with Crippen molar-refractivity contribution in [3.05, 3.63) is 28.0 Å². The van der Waals surface area contributed by atoms with Gasteiger partial charge in [0, 0.05) is 0 Å². The zero-order valence-electron chi connectivity index (χ0n) is 11.7. The highest BCUT2D eigenvalue weighted by Gasteiger charge is 2.43. The van der Waals surface area contributed by atoms with Crippen molar-refractivity contribution in [3.8, 4) is 6.07 Å². The summed E-state index contributed by atoms with van der Waals surface area (Å²) in [6.45, 7) is 1.13. The minimum atomic E-state index is -0.935. The van der Waals surface area contributed by atoms with Crippen LogP contribution >= 0.6 is 23.2 Å². The molecule has 1 fully saturated rings. The van der Waals surface area contributed by atoms with Crippen molar-refractivity contribution in [3.63, 3.8) is 0 Å². The number of amides is 1. The van der Waals surface area contributed by atoms with Gasteiger partial charge in [-0.1, -0.05) is 23.2 Å². The Bertz CT molecular complexity index is 655. The molecule has 0 radical (unpaired) electrons. The predicted molar refractivity (Wildman–Crippen MR) is 79.4 cm³/mol. The van der Waals surface area contributed by atoms with Gasteiger partial charge in [0.15, 0.2) is 12.3 Å². The molecule has 1 aliphatic rings. The Morgan fingerprint density at radius 2 is 2.18 bits per heavy atom. The van der Waals surface area contributed by atoms with Gasteiger partial charge in [0.05, 0.1) is 11.1 Å². The Hall–Kier alpha value is -1.84. The van der Waals surface area contributed by atoms with Crippen LogP contribution in [0, 0.1) is 17.2 Å². The van der Waals surface area contributed by atoms with Crippen LogP contribution in [0.5, 0.6) is 0 Å². The van der Waals surface area contributed by atoms with E-state index in [4.69, 9.17) is 33.2 Å². The number of hydrogen-bond acceptors (Lipinski definition) is 5. The average molecular weight is 342 g/mol. The van der Waals surface area contributed by atoms with Crippen molar-refractivity contribution < 1.29 is 14.3 Å². The molecule has 1 aromatic rings. The lowest BCUT2D eigenvalue weighted by Crippen LogP contribution is -2.48. The maximum atomic E-state index is 11.8. The van der Waals surface area contributed by atoms with Gasteiger partial charge in [-0.15, -0.1) is 0 Å². The topological polar surface area (TPSA) is 92.1 Å². The number of ether oxygens (including phenoxy) is 1. The van der Waals surface area contributed by atoms with E-state index in [0.717, 1.165) is 12.8 Å². The van der Waals surface area contributed by atoms with Crippen molar-refractivity contribution in [2.45, 2.75) is 25.3 Å². The van der Waals surface area contributed by atoms with Crippen LogP contribution in [0.2, 0.25) is 10.2 Å². The van der Waals surface area contributed by atoms with Gasteiger partial charge < -0.3 is 10.1 Å². The Morgan fingerprint density at radius 1 is 1.50 bits per heavy atom. The van der Waals surface area contributed by atoms with Crippen molar-refractivity contribution >= 4 is 35.1 Å². The van der Waals surface area contributed by atoms with Crippen LogP contribution in [0.15, 0.2) is 12.1 Å². The third-order valence-electron chi connectivity index (χ3n) is 3.36. The molecule has 1 atom stereocenters. The second-order valence-electron chi connectivity index (χ2n) is 5.18. The number of nitrogens with one attached hydrogen (secondary N) is 1. The van der Waals surface area contributed by atoms with E-state index in [0.29, 0.717) is 0 Å². The summed E-state index contributed by atoms with van der Waals surface area (Å²) >= 11 is 11.5. The third kappa shape index (κ3) is 3.87. The molecule has 22 heavy (non-hydrogen) atoms. The molecular formula is C14H13Cl2N3O3. The third-order valence-corrected chi connectivity index (χ3v) is 3.88. The summed E-state index contributed by atoms with van der Waals surface area (Å²) in [6.07, 6.45) is 1.79. The summed E-state index contributed by atoms with van der Waals surface area (Å²) < 4.78 is 4.85. The Balaban J connectivity index is 1.92. The lowest BCUT2D eigenvalue weighted by Gasteiger charge is -2.22. The van der Waals surface area contributed by atoms with Gasteiger partial charge in [-0.2, -0.15) is 5.26 Å². The highest BCUT2D eigenvalue weighted by molar-refractivity contribution is 6.34. The molecule has 1 amide bonds. The summed E-state index contributed by atoms with van der Waals surface area (Å²) in [5.74, 6) is -1.27. The molecule has 1 heterocycles. The highest BCUT2D eigenvalue weighted by Crippen LogP contribution is 2.39. The summed E-state index contributed by atoms with van der Waals surface area (Å²) in [7, 11) is 0. The fourth-order valence-electron chi connectivity index (χ4n) is 1.97. The molecule has 1 N–H and O–H groups in total. The largest absolute Gasteiger partial charge is 0.451 e. The molecule has 0 unspecified atom stereocenters. The molecule has 6 nitrogen and oxygen atoms in total. The first kappa shape index (κ1) is 16.5. The molecule has 2 rings (SSSR count). The molecule has 8 heteroatoms. The normalized spacial score (nSPS) is 16.3. The van der Waals surface area contributed by atoms with Crippen molar-refractivity contribution in [2.75, 3.05) is 6.61 Å². The maximum Gasteiger partial charge on any atom is 0.359 e. The predicted octanol–water partition coefficient (Wildman–Crippen LogP) is 2.35. The lowest BCUT2D eigenvalue weighted by atomic mass is 9.98. The number of aromatic nitrogens is 1. The minimum Gasteiger partial charge on any atom is -0.451 e. The van der Waals surface area contributed by atoms with E-state index in [9.17, 15) is 9.59 Å². The molecule has 1 aromatic heterocycles. The quantitative estimate of drug-likeness (QED) is 0.655. The summed E-state index contributed by atoms with van der Waals surface area (Å²) in [4.78, 5) is 27.4. The number of nitriles is 1.